The Morgan fingerprint density at radius 3 is 1.88 bits per heavy atom. The summed E-state index contributed by atoms with van der Waals surface area (Å²) in [6.45, 7) is 7.03. The second-order valence-electron chi connectivity index (χ2n) is 7.80. The number of hydrogen-bond acceptors (Lipinski definition) is 6. The van der Waals surface area contributed by atoms with Gasteiger partial charge in [-0.25, -0.2) is 9.59 Å². The molecule has 2 N–H and O–H groups in total. The summed E-state index contributed by atoms with van der Waals surface area (Å²) in [4.78, 5) is 23.1. The molecule has 3 atom stereocenters. The lowest BCUT2D eigenvalue weighted by atomic mass is 10.1. The van der Waals surface area contributed by atoms with Crippen molar-refractivity contribution in [3.05, 3.63) is 0 Å². The number of morpholine rings is 1. The lowest BCUT2D eigenvalue weighted by molar-refractivity contribution is -0.193. The molecule has 0 bridgehead atoms. The molecule has 2 heterocycles. The molecule has 3 rings (SSSR count). The van der Waals surface area contributed by atoms with Crippen LogP contribution in [0.2, 0.25) is 0 Å². The molecule has 1 saturated carbocycles. The van der Waals surface area contributed by atoms with E-state index < -0.39 is 24.3 Å². The molecule has 2 aliphatic heterocycles. The molecular weight excluding hydrogens is 466 g/mol. The molecule has 3 aliphatic rings. The van der Waals surface area contributed by atoms with Crippen molar-refractivity contribution >= 4 is 11.9 Å². The smallest absolute Gasteiger partial charge is 0.475 e. The predicted octanol–water partition coefficient (Wildman–Crippen LogP) is 2.62. The summed E-state index contributed by atoms with van der Waals surface area (Å²) in [6, 6.07) is 0.600. The zero-order valence-corrected chi connectivity index (χ0v) is 18.2. The van der Waals surface area contributed by atoms with Crippen LogP contribution in [0.1, 0.15) is 32.1 Å². The Bertz CT molecular complexity index is 589. The first-order valence-electron chi connectivity index (χ1n) is 10.5. The highest BCUT2D eigenvalue weighted by molar-refractivity contribution is 5.73. The standard InChI is InChI=1S/C15H28N2O2.2C2HF3O2/c1-18-14-6-5-13-15(14)19-12-11-17(13)10-9-16-7-3-2-4-8-16;2*3-2(4,5)1(6)7/h13-15H,2-12H2,1H3;2*(H,6,7)/t13-,14+,15+;;/m0../s1. The number of hydrogen-bond donors (Lipinski definition) is 2. The third-order valence-corrected chi connectivity index (χ3v) is 5.59. The van der Waals surface area contributed by atoms with Crippen LogP contribution in [-0.2, 0) is 19.1 Å². The molecule has 0 aromatic rings. The van der Waals surface area contributed by atoms with Gasteiger partial charge in [-0.05, 0) is 38.8 Å². The van der Waals surface area contributed by atoms with Gasteiger partial charge in [-0.1, -0.05) is 6.42 Å². The summed E-state index contributed by atoms with van der Waals surface area (Å²) < 4.78 is 75.0. The van der Waals surface area contributed by atoms with Crippen molar-refractivity contribution < 1.29 is 55.6 Å². The highest BCUT2D eigenvalue weighted by Crippen LogP contribution is 2.31. The van der Waals surface area contributed by atoms with Gasteiger partial charge in [-0.15, -0.1) is 0 Å². The Balaban J connectivity index is 0.000000324. The number of rotatable bonds is 4. The average Bonchev–Trinajstić information content (AvgIpc) is 3.16. The van der Waals surface area contributed by atoms with Crippen LogP contribution in [0.15, 0.2) is 0 Å². The first kappa shape index (κ1) is 29.4. The van der Waals surface area contributed by atoms with Crippen molar-refractivity contribution in [2.75, 3.05) is 46.4 Å². The van der Waals surface area contributed by atoms with Gasteiger partial charge in [-0.2, -0.15) is 26.3 Å². The Hall–Kier alpha value is -1.64. The summed E-state index contributed by atoms with van der Waals surface area (Å²) in [5.41, 5.74) is 0. The minimum absolute atomic E-state index is 0.320. The maximum atomic E-state index is 10.6. The number of fused-ring (bicyclic) bond motifs is 1. The summed E-state index contributed by atoms with van der Waals surface area (Å²) in [5, 5.41) is 14.2. The number of halogens is 6. The van der Waals surface area contributed by atoms with E-state index in [1.807, 2.05) is 7.11 Å². The predicted molar refractivity (Wildman–Crippen MR) is 103 cm³/mol. The van der Waals surface area contributed by atoms with E-state index in [2.05, 4.69) is 9.80 Å². The van der Waals surface area contributed by atoms with Crippen LogP contribution in [0, 0.1) is 0 Å². The van der Waals surface area contributed by atoms with E-state index in [-0.39, 0.29) is 0 Å². The highest BCUT2D eigenvalue weighted by atomic mass is 19.4. The number of carboxylic acid groups (broad SMARTS) is 2. The molecule has 0 aromatic carbocycles. The van der Waals surface area contributed by atoms with Gasteiger partial charge in [0, 0.05) is 32.8 Å². The number of likely N-dealkylation sites (tertiary alicyclic amines) is 1. The normalized spacial score (nSPS) is 26.3. The quantitative estimate of drug-likeness (QED) is 0.574. The van der Waals surface area contributed by atoms with E-state index in [4.69, 9.17) is 29.3 Å². The molecule has 3 fully saturated rings. The minimum atomic E-state index is -5.08. The largest absolute Gasteiger partial charge is 0.490 e. The first-order valence-corrected chi connectivity index (χ1v) is 10.5. The fraction of sp³-hybridized carbons (Fsp3) is 0.895. The zero-order chi connectivity index (χ0) is 25.2. The summed E-state index contributed by atoms with van der Waals surface area (Å²) in [5.74, 6) is -5.51. The lowest BCUT2D eigenvalue weighted by Gasteiger charge is -2.40. The Morgan fingerprint density at radius 1 is 0.909 bits per heavy atom. The van der Waals surface area contributed by atoms with Crippen LogP contribution in [0.4, 0.5) is 26.3 Å². The lowest BCUT2D eigenvalue weighted by Crippen LogP contribution is -2.53. The molecule has 0 spiro atoms. The van der Waals surface area contributed by atoms with E-state index >= 15 is 0 Å². The van der Waals surface area contributed by atoms with E-state index in [9.17, 15) is 26.3 Å². The van der Waals surface area contributed by atoms with E-state index in [0.717, 1.165) is 19.6 Å². The third kappa shape index (κ3) is 10.4. The Labute approximate surface area is 187 Å². The van der Waals surface area contributed by atoms with Crippen molar-refractivity contribution in [3.63, 3.8) is 0 Å². The van der Waals surface area contributed by atoms with Crippen molar-refractivity contribution in [2.24, 2.45) is 0 Å². The Morgan fingerprint density at radius 2 is 1.42 bits per heavy atom. The summed E-state index contributed by atoms with van der Waals surface area (Å²) >= 11 is 0. The van der Waals surface area contributed by atoms with Gasteiger partial charge < -0.3 is 24.6 Å². The summed E-state index contributed by atoms with van der Waals surface area (Å²) in [7, 11) is 1.82. The molecular formula is C19H30F6N2O6. The van der Waals surface area contributed by atoms with Crippen LogP contribution in [-0.4, -0.2) is 109 Å². The number of carbonyl (C=O) groups is 2. The minimum Gasteiger partial charge on any atom is -0.475 e. The number of nitrogens with zero attached hydrogens (tertiary/aromatic N) is 2. The number of aliphatic carboxylic acids is 2. The second-order valence-corrected chi connectivity index (χ2v) is 7.80. The number of ether oxygens (including phenoxy) is 2. The van der Waals surface area contributed by atoms with Crippen LogP contribution in [0.25, 0.3) is 0 Å². The van der Waals surface area contributed by atoms with E-state index in [1.54, 1.807) is 0 Å². The monoisotopic (exact) mass is 496 g/mol. The van der Waals surface area contributed by atoms with Gasteiger partial charge in [0.15, 0.2) is 0 Å². The molecule has 0 aromatic heterocycles. The van der Waals surface area contributed by atoms with Crippen LogP contribution >= 0.6 is 0 Å². The molecule has 0 unspecified atom stereocenters. The molecule has 14 heteroatoms. The summed E-state index contributed by atoms with van der Waals surface area (Å²) in [6.07, 6.45) is -2.92. The molecule has 8 nitrogen and oxygen atoms in total. The SMILES string of the molecule is CO[C@@H]1CC[C@H]2[C@H]1OCCN2CCN1CCCCC1.O=C(O)C(F)(F)F.O=C(O)C(F)(F)F. The van der Waals surface area contributed by atoms with Gasteiger partial charge >= 0.3 is 24.3 Å². The average molecular weight is 496 g/mol. The van der Waals surface area contributed by atoms with Gasteiger partial charge in [-0.3, -0.25) is 4.90 Å². The Kier molecular flexibility index (Phi) is 11.8. The van der Waals surface area contributed by atoms with Crippen LogP contribution in [0.5, 0.6) is 0 Å². The third-order valence-electron chi connectivity index (χ3n) is 5.59. The second kappa shape index (κ2) is 13.3. The van der Waals surface area contributed by atoms with Crippen molar-refractivity contribution in [1.82, 2.24) is 9.80 Å². The molecule has 2 saturated heterocycles. The number of methoxy groups -OCH3 is 1. The molecule has 33 heavy (non-hydrogen) atoms. The first-order chi connectivity index (χ1) is 15.3. The molecule has 0 radical (unpaired) electrons. The molecule has 1 aliphatic carbocycles. The topological polar surface area (TPSA) is 99.5 Å². The number of carboxylic acids is 2. The van der Waals surface area contributed by atoms with Crippen LogP contribution < -0.4 is 0 Å². The highest BCUT2D eigenvalue weighted by Gasteiger charge is 2.42. The fourth-order valence-corrected chi connectivity index (χ4v) is 3.97. The maximum absolute atomic E-state index is 10.6. The van der Waals surface area contributed by atoms with Gasteiger partial charge in [0.25, 0.3) is 0 Å². The van der Waals surface area contributed by atoms with E-state index in [0.29, 0.717) is 18.2 Å². The molecule has 194 valence electrons. The molecule has 0 amide bonds. The van der Waals surface area contributed by atoms with Gasteiger partial charge in [0.2, 0.25) is 0 Å². The maximum Gasteiger partial charge on any atom is 0.490 e. The van der Waals surface area contributed by atoms with Crippen molar-refractivity contribution in [3.8, 4) is 0 Å². The fourth-order valence-electron chi connectivity index (χ4n) is 3.97. The van der Waals surface area contributed by atoms with Crippen LogP contribution in [0.3, 0.4) is 0 Å². The van der Waals surface area contributed by atoms with Crippen molar-refractivity contribution in [1.29, 1.82) is 0 Å². The van der Waals surface area contributed by atoms with E-state index in [1.165, 1.54) is 51.9 Å². The van der Waals surface area contributed by atoms with Gasteiger partial charge in [0.1, 0.15) is 0 Å². The van der Waals surface area contributed by atoms with Gasteiger partial charge in [0.05, 0.1) is 18.8 Å². The number of alkyl halides is 6. The van der Waals surface area contributed by atoms with Crippen molar-refractivity contribution in [2.45, 2.75) is 62.7 Å². The zero-order valence-electron chi connectivity index (χ0n) is 18.2. The number of piperidine rings is 1.